The van der Waals surface area contributed by atoms with Crippen LogP contribution < -0.4 is 0 Å². The molecule has 0 spiro atoms. The maximum Gasteiger partial charge on any atom is 0.311 e. The summed E-state index contributed by atoms with van der Waals surface area (Å²) in [4.78, 5) is 10.8. The number of carbonyl (C=O) groups is 1. The van der Waals surface area contributed by atoms with Gasteiger partial charge in [0.2, 0.25) is 0 Å². The fourth-order valence-corrected chi connectivity index (χ4v) is 1.12. The maximum absolute atomic E-state index is 10.8. The molecule has 0 saturated heterocycles. The molecule has 3 nitrogen and oxygen atoms in total. The zero-order valence-corrected chi connectivity index (χ0v) is 8.37. The van der Waals surface area contributed by atoms with E-state index in [1.54, 1.807) is 18.7 Å². The molecule has 0 radical (unpaired) electrons. The van der Waals surface area contributed by atoms with E-state index in [0.717, 1.165) is 11.5 Å². The summed E-state index contributed by atoms with van der Waals surface area (Å²) >= 11 is 1.74. The third kappa shape index (κ3) is 7.60. The Balaban J connectivity index is 3.26. The van der Waals surface area contributed by atoms with Gasteiger partial charge in [0.1, 0.15) is 6.61 Å². The molecule has 0 aromatic carbocycles. The molecule has 0 fully saturated rings. The van der Waals surface area contributed by atoms with Crippen LogP contribution in [0.15, 0.2) is 0 Å². The first kappa shape index (κ1) is 11.5. The number of hydrogen-bond acceptors (Lipinski definition) is 4. The topological polar surface area (TPSA) is 50.2 Å². The van der Waals surface area contributed by atoms with Crippen LogP contribution in [-0.4, -0.2) is 29.8 Å². The van der Waals surface area contributed by atoms with Crippen molar-refractivity contribution in [3.63, 3.8) is 0 Å². The van der Waals surface area contributed by atoms with Gasteiger partial charge in [0.05, 0.1) is 6.42 Å². The zero-order chi connectivity index (χ0) is 9.40. The van der Waals surface area contributed by atoms with Crippen molar-refractivity contribution < 1.29 is 9.53 Å². The van der Waals surface area contributed by atoms with Crippen molar-refractivity contribution in [3.8, 4) is 0 Å². The summed E-state index contributed by atoms with van der Waals surface area (Å²) in [5.74, 6) is 1.60. The summed E-state index contributed by atoms with van der Waals surface area (Å²) in [6, 6.07) is 0. The Morgan fingerprint density at radius 1 is 1.58 bits per heavy atom. The third-order valence-corrected chi connectivity index (χ3v) is 1.97. The SMILES string of the molecule is CCSCCOC(=O)CC(C)=N. The van der Waals surface area contributed by atoms with Crippen LogP contribution in [0.5, 0.6) is 0 Å². The minimum atomic E-state index is -0.292. The number of nitrogens with one attached hydrogen (secondary N) is 1. The Labute approximate surface area is 77.4 Å². The van der Waals surface area contributed by atoms with Crippen LogP contribution >= 0.6 is 11.8 Å². The predicted octanol–water partition coefficient (Wildman–Crippen LogP) is 1.71. The van der Waals surface area contributed by atoms with Crippen LogP contribution in [0, 0.1) is 5.41 Å². The molecular formula is C8H15NO2S. The van der Waals surface area contributed by atoms with Gasteiger partial charge < -0.3 is 10.1 Å². The van der Waals surface area contributed by atoms with E-state index >= 15 is 0 Å². The highest BCUT2D eigenvalue weighted by atomic mass is 32.2. The van der Waals surface area contributed by atoms with E-state index in [1.807, 2.05) is 0 Å². The minimum absolute atomic E-state index is 0.122. The van der Waals surface area contributed by atoms with Gasteiger partial charge in [-0.3, -0.25) is 4.79 Å². The van der Waals surface area contributed by atoms with Crippen molar-refractivity contribution in [2.45, 2.75) is 20.3 Å². The lowest BCUT2D eigenvalue weighted by atomic mass is 10.3. The summed E-state index contributed by atoms with van der Waals surface area (Å²) in [6.45, 7) is 4.13. The minimum Gasteiger partial charge on any atom is -0.465 e. The van der Waals surface area contributed by atoms with Crippen LogP contribution in [0.25, 0.3) is 0 Å². The molecule has 0 amide bonds. The number of rotatable bonds is 6. The Morgan fingerprint density at radius 2 is 2.25 bits per heavy atom. The molecule has 0 aliphatic rings. The number of hydrogen-bond donors (Lipinski definition) is 1. The molecule has 0 heterocycles. The van der Waals surface area contributed by atoms with Crippen LogP contribution in [0.4, 0.5) is 0 Å². The first-order valence-electron chi connectivity index (χ1n) is 3.94. The zero-order valence-electron chi connectivity index (χ0n) is 7.55. The van der Waals surface area contributed by atoms with E-state index in [-0.39, 0.29) is 12.4 Å². The monoisotopic (exact) mass is 189 g/mol. The predicted molar refractivity (Wildman–Crippen MR) is 52.0 cm³/mol. The van der Waals surface area contributed by atoms with Gasteiger partial charge >= 0.3 is 5.97 Å². The van der Waals surface area contributed by atoms with Crippen LogP contribution in [0.3, 0.4) is 0 Å². The van der Waals surface area contributed by atoms with E-state index in [0.29, 0.717) is 12.3 Å². The molecule has 0 rings (SSSR count). The average molecular weight is 189 g/mol. The maximum atomic E-state index is 10.8. The molecule has 0 aromatic heterocycles. The van der Waals surface area contributed by atoms with Crippen LogP contribution in [0.1, 0.15) is 20.3 Å². The molecular weight excluding hydrogens is 174 g/mol. The third-order valence-electron chi connectivity index (χ3n) is 1.10. The lowest BCUT2D eigenvalue weighted by Crippen LogP contribution is -2.10. The fourth-order valence-electron chi connectivity index (χ4n) is 0.626. The summed E-state index contributed by atoms with van der Waals surface area (Å²) in [6.07, 6.45) is 0.122. The number of ether oxygens (including phenoxy) is 1. The second-order valence-corrected chi connectivity index (χ2v) is 3.77. The van der Waals surface area contributed by atoms with E-state index in [4.69, 9.17) is 10.1 Å². The Hall–Kier alpha value is -0.510. The highest BCUT2D eigenvalue weighted by Crippen LogP contribution is 1.98. The van der Waals surface area contributed by atoms with E-state index in [9.17, 15) is 4.79 Å². The first-order chi connectivity index (χ1) is 5.66. The largest absolute Gasteiger partial charge is 0.465 e. The molecule has 4 heteroatoms. The average Bonchev–Trinajstić information content (AvgIpc) is 1.97. The van der Waals surface area contributed by atoms with Gasteiger partial charge in [0, 0.05) is 11.5 Å². The summed E-state index contributed by atoms with van der Waals surface area (Å²) in [5, 5.41) is 7.04. The lowest BCUT2D eigenvalue weighted by Gasteiger charge is -2.02. The van der Waals surface area contributed by atoms with Crippen molar-refractivity contribution in [1.82, 2.24) is 0 Å². The molecule has 12 heavy (non-hydrogen) atoms. The molecule has 0 unspecified atom stereocenters. The van der Waals surface area contributed by atoms with Crippen LogP contribution in [0.2, 0.25) is 0 Å². The summed E-state index contributed by atoms with van der Waals surface area (Å²) in [5.41, 5.74) is 0.350. The Bertz CT molecular complexity index is 159. The first-order valence-corrected chi connectivity index (χ1v) is 5.09. The molecule has 0 saturated carbocycles. The molecule has 0 bridgehead atoms. The van der Waals surface area contributed by atoms with Crippen molar-refractivity contribution in [2.75, 3.05) is 18.1 Å². The molecule has 0 aliphatic carbocycles. The normalized spacial score (nSPS) is 9.50. The second-order valence-electron chi connectivity index (χ2n) is 2.37. The molecule has 0 aromatic rings. The summed E-state index contributed by atoms with van der Waals surface area (Å²) < 4.78 is 4.85. The second kappa shape index (κ2) is 7.16. The van der Waals surface area contributed by atoms with Gasteiger partial charge in [0.15, 0.2) is 0 Å². The van der Waals surface area contributed by atoms with Crippen molar-refractivity contribution in [3.05, 3.63) is 0 Å². The lowest BCUT2D eigenvalue weighted by molar-refractivity contribution is -0.141. The molecule has 70 valence electrons. The molecule has 0 atom stereocenters. The number of carbonyl (C=O) groups excluding carboxylic acids is 1. The van der Waals surface area contributed by atoms with Gasteiger partial charge in [0.25, 0.3) is 0 Å². The summed E-state index contributed by atoms with van der Waals surface area (Å²) in [7, 11) is 0. The van der Waals surface area contributed by atoms with Gasteiger partial charge in [-0.25, -0.2) is 0 Å². The van der Waals surface area contributed by atoms with E-state index in [1.165, 1.54) is 0 Å². The number of thioether (sulfide) groups is 1. The van der Waals surface area contributed by atoms with Gasteiger partial charge in [-0.2, -0.15) is 11.8 Å². The van der Waals surface area contributed by atoms with Gasteiger partial charge in [-0.1, -0.05) is 6.92 Å². The van der Waals surface area contributed by atoms with Crippen LogP contribution in [-0.2, 0) is 9.53 Å². The Morgan fingerprint density at radius 3 is 2.75 bits per heavy atom. The van der Waals surface area contributed by atoms with Crippen molar-refractivity contribution in [2.24, 2.45) is 0 Å². The highest BCUT2D eigenvalue weighted by molar-refractivity contribution is 7.99. The van der Waals surface area contributed by atoms with E-state index in [2.05, 4.69) is 6.92 Å². The van der Waals surface area contributed by atoms with Crippen molar-refractivity contribution in [1.29, 1.82) is 5.41 Å². The van der Waals surface area contributed by atoms with Crippen molar-refractivity contribution >= 4 is 23.4 Å². The molecule has 0 aliphatic heterocycles. The molecule has 1 N–H and O–H groups in total. The Kier molecular flexibility index (Phi) is 6.85. The van der Waals surface area contributed by atoms with E-state index < -0.39 is 0 Å². The fraction of sp³-hybridized carbons (Fsp3) is 0.750. The standard InChI is InChI=1S/C8H15NO2S/c1-3-12-5-4-11-8(10)6-7(2)9/h9H,3-6H2,1-2H3. The number of esters is 1. The van der Waals surface area contributed by atoms with Gasteiger partial charge in [-0.05, 0) is 12.7 Å². The van der Waals surface area contributed by atoms with Gasteiger partial charge in [-0.15, -0.1) is 0 Å². The highest BCUT2D eigenvalue weighted by Gasteiger charge is 2.02. The smallest absolute Gasteiger partial charge is 0.311 e. The quantitative estimate of drug-likeness (QED) is 0.393.